The molecule has 2 heteroatoms. The van der Waals surface area contributed by atoms with E-state index in [-0.39, 0.29) is 0 Å². The quantitative estimate of drug-likeness (QED) is 0.408. The van der Waals surface area contributed by atoms with Crippen molar-refractivity contribution in [1.29, 1.82) is 0 Å². The molecular weight excluding hydrogens is 322 g/mol. The number of halogens is 1. The summed E-state index contributed by atoms with van der Waals surface area (Å²) in [7, 11) is 0. The summed E-state index contributed by atoms with van der Waals surface area (Å²) in [5.41, 5.74) is 10.4. The van der Waals surface area contributed by atoms with Gasteiger partial charge < -0.3 is 5.73 Å². The third kappa shape index (κ3) is 2.47. The van der Waals surface area contributed by atoms with E-state index in [1.807, 2.05) is 54.6 Å². The van der Waals surface area contributed by atoms with E-state index in [1.165, 1.54) is 0 Å². The number of nitrogens with two attached hydrogens (primary N) is 1. The molecule has 0 fully saturated rings. The fraction of sp³-hybridized carbons (Fsp3) is 0.0526. The Morgan fingerprint density at radius 1 is 0.619 bits per heavy atom. The molecule has 3 aromatic rings. The van der Waals surface area contributed by atoms with Crippen molar-refractivity contribution in [2.75, 3.05) is 5.73 Å². The van der Waals surface area contributed by atoms with Crippen LogP contribution in [-0.4, -0.2) is 0 Å². The Bertz CT molecular complexity index is 683. The molecule has 3 aromatic carbocycles. The molecule has 0 aliphatic carbocycles. The van der Waals surface area contributed by atoms with Crippen LogP contribution in [-0.2, 0) is 4.32 Å². The van der Waals surface area contributed by atoms with E-state index < -0.39 is 4.32 Å². The highest BCUT2D eigenvalue weighted by molar-refractivity contribution is 9.10. The summed E-state index contributed by atoms with van der Waals surface area (Å²) in [6.07, 6.45) is 0. The molecule has 0 amide bonds. The van der Waals surface area contributed by atoms with Gasteiger partial charge in [-0.05, 0) is 17.2 Å². The fourth-order valence-corrected chi connectivity index (χ4v) is 3.51. The van der Waals surface area contributed by atoms with Crippen molar-refractivity contribution in [3.8, 4) is 0 Å². The van der Waals surface area contributed by atoms with Crippen molar-refractivity contribution < 1.29 is 0 Å². The van der Waals surface area contributed by atoms with Crippen LogP contribution in [0.2, 0.25) is 0 Å². The fourth-order valence-electron chi connectivity index (χ4n) is 2.62. The summed E-state index contributed by atoms with van der Waals surface area (Å²) < 4.78 is -0.444. The first-order chi connectivity index (χ1) is 10.2. The van der Waals surface area contributed by atoms with Crippen LogP contribution in [0.3, 0.4) is 0 Å². The van der Waals surface area contributed by atoms with Gasteiger partial charge in [-0.3, -0.25) is 0 Å². The normalized spacial score (nSPS) is 11.3. The third-order valence-electron chi connectivity index (χ3n) is 3.68. The minimum Gasteiger partial charge on any atom is -0.398 e. The average molecular weight is 338 g/mol. The van der Waals surface area contributed by atoms with Gasteiger partial charge in [0.2, 0.25) is 0 Å². The highest BCUT2D eigenvalue weighted by Gasteiger charge is 2.34. The van der Waals surface area contributed by atoms with Gasteiger partial charge in [-0.25, -0.2) is 0 Å². The first-order valence-electron chi connectivity index (χ1n) is 6.88. The van der Waals surface area contributed by atoms with E-state index in [0.717, 1.165) is 22.4 Å². The molecule has 1 nitrogen and oxygen atoms in total. The third-order valence-corrected chi connectivity index (χ3v) is 5.02. The first kappa shape index (κ1) is 13.9. The number of para-hydroxylation sites is 1. The van der Waals surface area contributed by atoms with E-state index in [1.54, 1.807) is 0 Å². The van der Waals surface area contributed by atoms with Crippen molar-refractivity contribution in [3.05, 3.63) is 102 Å². The molecule has 0 aliphatic rings. The number of hydrogen-bond acceptors (Lipinski definition) is 1. The second-order valence-electron chi connectivity index (χ2n) is 4.98. The van der Waals surface area contributed by atoms with Crippen LogP contribution in [0, 0.1) is 0 Å². The zero-order valence-corrected chi connectivity index (χ0v) is 13.1. The molecule has 2 N–H and O–H groups in total. The SMILES string of the molecule is Nc1ccccc1C(Br)(c1ccccc1)c1ccccc1. The molecule has 0 radical (unpaired) electrons. The molecule has 0 spiro atoms. The molecule has 3 rings (SSSR count). The Balaban J connectivity index is 2.29. The Hall–Kier alpha value is -2.06. The van der Waals surface area contributed by atoms with Crippen molar-refractivity contribution in [3.63, 3.8) is 0 Å². The van der Waals surface area contributed by atoms with Crippen LogP contribution in [0.1, 0.15) is 16.7 Å². The number of rotatable bonds is 3. The molecule has 104 valence electrons. The molecular formula is C19H16BrN. The molecule has 0 aromatic heterocycles. The van der Waals surface area contributed by atoms with Gasteiger partial charge >= 0.3 is 0 Å². The first-order valence-corrected chi connectivity index (χ1v) is 7.67. The lowest BCUT2D eigenvalue weighted by Crippen LogP contribution is -2.23. The molecule has 0 unspecified atom stereocenters. The topological polar surface area (TPSA) is 26.0 Å². The van der Waals surface area contributed by atoms with Gasteiger partial charge in [-0.1, -0.05) is 94.8 Å². The Morgan fingerprint density at radius 3 is 1.52 bits per heavy atom. The summed E-state index contributed by atoms with van der Waals surface area (Å²) in [4.78, 5) is 0. The minimum atomic E-state index is -0.444. The zero-order valence-electron chi connectivity index (χ0n) is 11.5. The van der Waals surface area contributed by atoms with E-state index in [0.29, 0.717) is 0 Å². The molecule has 0 heterocycles. The monoisotopic (exact) mass is 337 g/mol. The maximum absolute atomic E-state index is 6.25. The van der Waals surface area contributed by atoms with Gasteiger partial charge in [0.1, 0.15) is 4.32 Å². The number of anilines is 1. The summed E-state index contributed by atoms with van der Waals surface area (Å²) in [5.74, 6) is 0. The Labute approximate surface area is 133 Å². The van der Waals surface area contributed by atoms with E-state index in [4.69, 9.17) is 5.73 Å². The number of benzene rings is 3. The lowest BCUT2D eigenvalue weighted by atomic mass is 9.84. The van der Waals surface area contributed by atoms with Crippen LogP contribution < -0.4 is 5.73 Å². The Kier molecular flexibility index (Phi) is 3.80. The van der Waals surface area contributed by atoms with Gasteiger partial charge in [-0.15, -0.1) is 0 Å². The van der Waals surface area contributed by atoms with Crippen LogP contribution in [0.5, 0.6) is 0 Å². The van der Waals surface area contributed by atoms with Crippen molar-refractivity contribution in [2.45, 2.75) is 4.32 Å². The average Bonchev–Trinajstić information content (AvgIpc) is 2.56. The van der Waals surface area contributed by atoms with E-state index >= 15 is 0 Å². The summed E-state index contributed by atoms with van der Waals surface area (Å²) in [6.45, 7) is 0. The predicted octanol–water partition coefficient (Wildman–Crippen LogP) is 4.96. The van der Waals surface area contributed by atoms with Gasteiger partial charge in [0.15, 0.2) is 0 Å². The summed E-state index contributed by atoms with van der Waals surface area (Å²) in [5, 5.41) is 0. The highest BCUT2D eigenvalue weighted by atomic mass is 79.9. The lowest BCUT2D eigenvalue weighted by molar-refractivity contribution is 0.920. The van der Waals surface area contributed by atoms with Crippen molar-refractivity contribution in [2.24, 2.45) is 0 Å². The molecule has 0 saturated carbocycles. The van der Waals surface area contributed by atoms with E-state index in [9.17, 15) is 0 Å². The maximum Gasteiger partial charge on any atom is 0.102 e. The van der Waals surface area contributed by atoms with Crippen molar-refractivity contribution >= 4 is 21.6 Å². The largest absolute Gasteiger partial charge is 0.398 e. The number of hydrogen-bond donors (Lipinski definition) is 1. The second-order valence-corrected chi connectivity index (χ2v) is 6.17. The standard InChI is InChI=1S/C19H16BrN/c20-19(15-9-3-1-4-10-15,16-11-5-2-6-12-16)17-13-7-8-14-18(17)21/h1-14H,21H2. The van der Waals surface area contributed by atoms with Crippen molar-refractivity contribution in [1.82, 2.24) is 0 Å². The number of alkyl halides is 1. The van der Waals surface area contributed by atoms with Gasteiger partial charge in [0.05, 0.1) is 0 Å². The summed E-state index contributed by atoms with van der Waals surface area (Å²) in [6, 6.07) is 28.7. The molecule has 0 atom stereocenters. The molecule has 0 aliphatic heterocycles. The van der Waals surface area contributed by atoms with Gasteiger partial charge in [0.25, 0.3) is 0 Å². The van der Waals surface area contributed by atoms with Crippen LogP contribution in [0.4, 0.5) is 5.69 Å². The minimum absolute atomic E-state index is 0.444. The van der Waals surface area contributed by atoms with E-state index in [2.05, 4.69) is 46.3 Å². The second kappa shape index (κ2) is 5.74. The van der Waals surface area contributed by atoms with Crippen LogP contribution >= 0.6 is 15.9 Å². The number of nitrogen functional groups attached to an aromatic ring is 1. The molecule has 0 bridgehead atoms. The van der Waals surface area contributed by atoms with Crippen LogP contribution in [0.15, 0.2) is 84.9 Å². The summed E-state index contributed by atoms with van der Waals surface area (Å²) >= 11 is 3.98. The lowest BCUT2D eigenvalue weighted by Gasteiger charge is -2.30. The van der Waals surface area contributed by atoms with Crippen LogP contribution in [0.25, 0.3) is 0 Å². The Morgan fingerprint density at radius 2 is 1.05 bits per heavy atom. The predicted molar refractivity (Wildman–Crippen MR) is 92.5 cm³/mol. The van der Waals surface area contributed by atoms with Gasteiger partial charge in [-0.2, -0.15) is 0 Å². The highest BCUT2D eigenvalue weighted by Crippen LogP contribution is 2.46. The maximum atomic E-state index is 6.25. The van der Waals surface area contributed by atoms with Gasteiger partial charge in [0, 0.05) is 11.3 Å². The smallest absolute Gasteiger partial charge is 0.102 e. The molecule has 0 saturated heterocycles. The zero-order chi connectivity index (χ0) is 14.7. The molecule has 21 heavy (non-hydrogen) atoms.